The van der Waals surface area contributed by atoms with E-state index >= 15 is 0 Å². The largest absolute Gasteiger partial charge is 0.309 e. The molecule has 7 aromatic carbocycles. The molecule has 0 fully saturated rings. The number of aromatic nitrogens is 5. The lowest BCUT2D eigenvalue weighted by Crippen LogP contribution is -2.07. The van der Waals surface area contributed by atoms with E-state index in [9.17, 15) is 0 Å². The molecule has 0 amide bonds. The molecular formula is C47H31N5. The molecule has 0 aliphatic heterocycles. The predicted molar refractivity (Wildman–Crippen MR) is 213 cm³/mol. The monoisotopic (exact) mass is 665 g/mol. The number of hydrogen-bond acceptors (Lipinski definition) is 3. The van der Waals surface area contributed by atoms with Gasteiger partial charge in [0, 0.05) is 33.0 Å². The Hall–Kier alpha value is -7.11. The first-order chi connectivity index (χ1) is 25.8. The van der Waals surface area contributed by atoms with Crippen LogP contribution in [0.5, 0.6) is 0 Å². The summed E-state index contributed by atoms with van der Waals surface area (Å²) in [6.45, 7) is 0. The van der Waals surface area contributed by atoms with Crippen molar-refractivity contribution in [2.24, 2.45) is 0 Å². The van der Waals surface area contributed by atoms with Crippen molar-refractivity contribution >= 4 is 32.7 Å². The first kappa shape index (κ1) is 29.8. The van der Waals surface area contributed by atoms with Gasteiger partial charge in [0.1, 0.15) is 0 Å². The summed E-state index contributed by atoms with van der Waals surface area (Å²) in [4.78, 5) is 15.2. The molecule has 0 spiro atoms. The fraction of sp³-hybridized carbons (Fsp3) is 0. The molecule has 52 heavy (non-hydrogen) atoms. The van der Waals surface area contributed by atoms with E-state index in [4.69, 9.17) is 15.0 Å². The highest BCUT2D eigenvalue weighted by molar-refractivity contribution is 6.09. The van der Waals surface area contributed by atoms with Gasteiger partial charge >= 0.3 is 0 Å². The summed E-state index contributed by atoms with van der Waals surface area (Å²) < 4.78 is 4.54. The molecule has 0 bridgehead atoms. The van der Waals surface area contributed by atoms with E-state index in [1.165, 1.54) is 21.8 Å². The van der Waals surface area contributed by atoms with Gasteiger partial charge in [-0.15, -0.1) is 0 Å². The zero-order chi connectivity index (χ0) is 34.4. The summed E-state index contributed by atoms with van der Waals surface area (Å²) in [6.07, 6.45) is 0. The van der Waals surface area contributed by atoms with Crippen molar-refractivity contribution < 1.29 is 0 Å². The number of rotatable bonds is 6. The van der Waals surface area contributed by atoms with Crippen LogP contribution in [0, 0.1) is 0 Å². The Morgan fingerprint density at radius 2 is 0.827 bits per heavy atom. The van der Waals surface area contributed by atoms with E-state index in [1.54, 1.807) is 0 Å². The fourth-order valence-corrected chi connectivity index (χ4v) is 7.36. The zero-order valence-electron chi connectivity index (χ0n) is 28.1. The smallest absolute Gasteiger partial charge is 0.238 e. The summed E-state index contributed by atoms with van der Waals surface area (Å²) >= 11 is 0. The average molecular weight is 666 g/mol. The molecule has 0 aliphatic carbocycles. The number of nitrogens with zero attached hydrogens (tertiary/aromatic N) is 5. The number of para-hydroxylation sites is 3. The van der Waals surface area contributed by atoms with Gasteiger partial charge in [-0.05, 0) is 59.2 Å². The van der Waals surface area contributed by atoms with Crippen LogP contribution in [0.25, 0.3) is 89.5 Å². The molecule has 0 radical (unpaired) electrons. The summed E-state index contributed by atoms with van der Waals surface area (Å²) in [5.74, 6) is 1.83. The van der Waals surface area contributed by atoms with Gasteiger partial charge in [-0.1, -0.05) is 146 Å². The third kappa shape index (κ3) is 5.07. The average Bonchev–Trinajstić information content (AvgIpc) is 3.78. The van der Waals surface area contributed by atoms with Crippen molar-refractivity contribution in [3.8, 4) is 56.8 Å². The molecule has 3 heterocycles. The summed E-state index contributed by atoms with van der Waals surface area (Å²) in [5, 5.41) is 3.62. The molecule has 10 aromatic rings. The lowest BCUT2D eigenvalue weighted by Gasteiger charge is -2.14. The highest BCUT2D eigenvalue weighted by atomic mass is 15.2. The number of benzene rings is 7. The molecule has 0 aliphatic rings. The highest BCUT2D eigenvalue weighted by Gasteiger charge is 2.19. The van der Waals surface area contributed by atoms with E-state index in [1.807, 2.05) is 60.7 Å². The summed E-state index contributed by atoms with van der Waals surface area (Å²) in [6, 6.07) is 65.7. The third-order valence-corrected chi connectivity index (χ3v) is 9.77. The van der Waals surface area contributed by atoms with E-state index in [-0.39, 0.29) is 0 Å². The Kier molecular flexibility index (Phi) is 7.07. The highest BCUT2D eigenvalue weighted by Crippen LogP contribution is 2.36. The molecule has 5 heteroatoms. The zero-order valence-corrected chi connectivity index (χ0v) is 28.1. The molecule has 244 valence electrons. The van der Waals surface area contributed by atoms with Crippen LogP contribution in [0.3, 0.4) is 0 Å². The lowest BCUT2D eigenvalue weighted by atomic mass is 10.0. The van der Waals surface area contributed by atoms with Gasteiger partial charge in [0.15, 0.2) is 11.6 Å². The van der Waals surface area contributed by atoms with Crippen LogP contribution in [-0.4, -0.2) is 24.1 Å². The molecule has 0 saturated heterocycles. The van der Waals surface area contributed by atoms with E-state index in [0.717, 1.165) is 50.1 Å². The molecule has 0 saturated carbocycles. The second-order valence-corrected chi connectivity index (χ2v) is 12.9. The van der Waals surface area contributed by atoms with Gasteiger partial charge < -0.3 is 4.57 Å². The van der Waals surface area contributed by atoms with Crippen molar-refractivity contribution in [3.63, 3.8) is 0 Å². The molecular weight excluding hydrogens is 635 g/mol. The standard InChI is InChI=1S/C47H31N5/c1-3-15-32(16-4-1)45-48-46(33-17-5-2-6-18-33)50-47(49-45)52-41-26-10-7-19-37(41)31-44(52)36-22-13-20-34(29-36)35-21-14-23-38(30-35)51-42-27-11-8-24-39(42)40-25-9-12-28-43(40)51/h1-31H. The Labute approximate surface area is 300 Å². The predicted octanol–water partition coefficient (Wildman–Crippen LogP) is 11.6. The molecule has 0 N–H and O–H groups in total. The Morgan fingerprint density at radius 3 is 1.48 bits per heavy atom. The summed E-state index contributed by atoms with van der Waals surface area (Å²) in [7, 11) is 0. The van der Waals surface area contributed by atoms with Gasteiger partial charge in [0.25, 0.3) is 0 Å². The van der Waals surface area contributed by atoms with Crippen LogP contribution < -0.4 is 0 Å². The van der Waals surface area contributed by atoms with Gasteiger partial charge in [-0.2, -0.15) is 9.97 Å². The molecule has 0 atom stereocenters. The van der Waals surface area contributed by atoms with Crippen LogP contribution in [0.15, 0.2) is 188 Å². The summed E-state index contributed by atoms with van der Waals surface area (Å²) in [5.41, 5.74) is 10.8. The van der Waals surface area contributed by atoms with E-state index in [2.05, 4.69) is 137 Å². The normalized spacial score (nSPS) is 11.5. The lowest BCUT2D eigenvalue weighted by molar-refractivity contribution is 0.938. The topological polar surface area (TPSA) is 48.5 Å². The quantitative estimate of drug-likeness (QED) is 0.178. The van der Waals surface area contributed by atoms with Crippen molar-refractivity contribution in [1.82, 2.24) is 24.1 Å². The Bertz CT molecular complexity index is 2790. The van der Waals surface area contributed by atoms with Crippen LogP contribution in [0.1, 0.15) is 0 Å². The molecule has 5 nitrogen and oxygen atoms in total. The second kappa shape index (κ2) is 12.3. The maximum atomic E-state index is 5.12. The number of fused-ring (bicyclic) bond motifs is 4. The van der Waals surface area contributed by atoms with Crippen LogP contribution in [0.2, 0.25) is 0 Å². The van der Waals surface area contributed by atoms with Crippen molar-refractivity contribution in [2.75, 3.05) is 0 Å². The number of hydrogen-bond donors (Lipinski definition) is 0. The van der Waals surface area contributed by atoms with Gasteiger partial charge in [0.2, 0.25) is 5.95 Å². The minimum atomic E-state index is 0.572. The minimum absolute atomic E-state index is 0.572. The maximum absolute atomic E-state index is 5.12. The molecule has 10 rings (SSSR count). The van der Waals surface area contributed by atoms with Crippen molar-refractivity contribution in [1.29, 1.82) is 0 Å². The van der Waals surface area contributed by atoms with Gasteiger partial charge in [0.05, 0.1) is 22.2 Å². The fourth-order valence-electron chi connectivity index (χ4n) is 7.36. The maximum Gasteiger partial charge on any atom is 0.238 e. The van der Waals surface area contributed by atoms with Crippen molar-refractivity contribution in [3.05, 3.63) is 188 Å². The first-order valence-electron chi connectivity index (χ1n) is 17.5. The molecule has 3 aromatic heterocycles. The van der Waals surface area contributed by atoms with E-state index < -0.39 is 0 Å². The molecule has 0 unspecified atom stereocenters. The Morgan fingerprint density at radius 1 is 0.327 bits per heavy atom. The minimum Gasteiger partial charge on any atom is -0.309 e. The van der Waals surface area contributed by atoms with Crippen LogP contribution >= 0.6 is 0 Å². The van der Waals surface area contributed by atoms with Crippen LogP contribution in [0.4, 0.5) is 0 Å². The van der Waals surface area contributed by atoms with E-state index in [0.29, 0.717) is 17.6 Å². The third-order valence-electron chi connectivity index (χ3n) is 9.77. The SMILES string of the molecule is c1ccc(-c2nc(-c3ccccc3)nc(-n3c(-c4cccc(-c5cccc(-n6c7ccccc7c7ccccc76)c5)c4)cc4ccccc43)n2)cc1. The Balaban J connectivity index is 1.14. The van der Waals surface area contributed by atoms with Gasteiger partial charge in [-0.25, -0.2) is 4.98 Å². The van der Waals surface area contributed by atoms with Gasteiger partial charge in [-0.3, -0.25) is 4.57 Å². The van der Waals surface area contributed by atoms with Crippen LogP contribution in [-0.2, 0) is 0 Å². The van der Waals surface area contributed by atoms with Crippen molar-refractivity contribution in [2.45, 2.75) is 0 Å². The second-order valence-electron chi connectivity index (χ2n) is 12.9. The first-order valence-corrected chi connectivity index (χ1v) is 17.5.